The van der Waals surface area contributed by atoms with Gasteiger partial charge in [-0.05, 0) is 17.7 Å². The highest BCUT2D eigenvalue weighted by atomic mass is 16.5. The predicted octanol–water partition coefficient (Wildman–Crippen LogP) is 1.81. The van der Waals surface area contributed by atoms with Gasteiger partial charge in [-0.3, -0.25) is 4.79 Å². The summed E-state index contributed by atoms with van der Waals surface area (Å²) < 4.78 is 5.16. The van der Waals surface area contributed by atoms with Gasteiger partial charge < -0.3 is 14.6 Å². The highest BCUT2D eigenvalue weighted by Gasteiger charge is 2.10. The summed E-state index contributed by atoms with van der Waals surface area (Å²) in [5, 5.41) is 1.07. The normalized spacial score (nSPS) is 10.5. The van der Waals surface area contributed by atoms with Crippen LogP contribution in [0.3, 0.4) is 0 Å². The molecule has 0 radical (unpaired) electrons. The molecular formula is C13H16N2O2. The fraction of sp³-hybridized carbons (Fsp3) is 0.308. The molecule has 1 aromatic heterocycles. The Morgan fingerprint density at radius 2 is 2.18 bits per heavy atom. The molecule has 0 atom stereocenters. The van der Waals surface area contributed by atoms with Gasteiger partial charge in [0.15, 0.2) is 0 Å². The number of hydrogen-bond acceptors (Lipinski definition) is 2. The number of nitrogens with zero attached hydrogens (tertiary/aromatic N) is 1. The Balaban J connectivity index is 2.33. The summed E-state index contributed by atoms with van der Waals surface area (Å²) in [6.45, 7) is 0. The number of benzene rings is 1. The average Bonchev–Trinajstić information content (AvgIpc) is 2.71. The number of nitrogens with one attached hydrogen (secondary N) is 1. The van der Waals surface area contributed by atoms with Crippen LogP contribution in [0.25, 0.3) is 10.9 Å². The number of fused-ring (bicyclic) bond motifs is 1. The lowest BCUT2D eigenvalue weighted by Crippen LogP contribution is -2.23. The molecule has 1 amide bonds. The maximum atomic E-state index is 11.7. The van der Waals surface area contributed by atoms with E-state index in [-0.39, 0.29) is 5.91 Å². The number of amides is 1. The molecule has 17 heavy (non-hydrogen) atoms. The molecule has 0 spiro atoms. The summed E-state index contributed by atoms with van der Waals surface area (Å²) in [5.74, 6) is 0.909. The summed E-state index contributed by atoms with van der Waals surface area (Å²) >= 11 is 0. The van der Waals surface area contributed by atoms with Gasteiger partial charge in [0.25, 0.3) is 0 Å². The van der Waals surface area contributed by atoms with Crippen LogP contribution in [0, 0.1) is 0 Å². The van der Waals surface area contributed by atoms with Gasteiger partial charge in [0, 0.05) is 37.3 Å². The molecule has 0 bridgehead atoms. The first-order valence-electron chi connectivity index (χ1n) is 5.46. The number of methoxy groups -OCH3 is 1. The molecule has 4 nitrogen and oxygen atoms in total. The van der Waals surface area contributed by atoms with E-state index >= 15 is 0 Å². The summed E-state index contributed by atoms with van der Waals surface area (Å²) in [6, 6.07) is 5.81. The molecule has 4 heteroatoms. The summed E-state index contributed by atoms with van der Waals surface area (Å²) in [6.07, 6.45) is 2.30. The lowest BCUT2D eigenvalue weighted by Gasteiger charge is -2.09. The van der Waals surface area contributed by atoms with Crippen molar-refractivity contribution in [3.05, 3.63) is 30.0 Å². The zero-order valence-corrected chi connectivity index (χ0v) is 10.3. The summed E-state index contributed by atoms with van der Waals surface area (Å²) in [5.41, 5.74) is 2.01. The molecule has 2 rings (SSSR count). The van der Waals surface area contributed by atoms with Crippen LogP contribution in [0.4, 0.5) is 0 Å². The first-order valence-corrected chi connectivity index (χ1v) is 5.46. The van der Waals surface area contributed by atoms with Crippen LogP contribution in [0.5, 0.6) is 5.75 Å². The lowest BCUT2D eigenvalue weighted by molar-refractivity contribution is -0.127. The second-order valence-corrected chi connectivity index (χ2v) is 4.19. The molecule has 1 heterocycles. The van der Waals surface area contributed by atoms with Crippen LogP contribution >= 0.6 is 0 Å². The van der Waals surface area contributed by atoms with E-state index < -0.39 is 0 Å². The number of carbonyl (C=O) groups is 1. The third-order valence-corrected chi connectivity index (χ3v) is 2.82. The SMILES string of the molecule is COc1ccc2c(CC(=O)N(C)C)c[nH]c2c1. The van der Waals surface area contributed by atoms with E-state index in [9.17, 15) is 4.79 Å². The van der Waals surface area contributed by atoms with Crippen LogP contribution in [0.1, 0.15) is 5.56 Å². The fourth-order valence-corrected chi connectivity index (χ4v) is 1.76. The van der Waals surface area contributed by atoms with Crippen LogP contribution < -0.4 is 4.74 Å². The van der Waals surface area contributed by atoms with Crippen molar-refractivity contribution in [3.63, 3.8) is 0 Å². The van der Waals surface area contributed by atoms with E-state index in [1.165, 1.54) is 0 Å². The van der Waals surface area contributed by atoms with E-state index in [4.69, 9.17) is 4.74 Å². The minimum atomic E-state index is 0.0988. The van der Waals surface area contributed by atoms with Crippen molar-refractivity contribution in [2.45, 2.75) is 6.42 Å². The van der Waals surface area contributed by atoms with Crippen molar-refractivity contribution in [3.8, 4) is 5.75 Å². The molecule has 0 fully saturated rings. The van der Waals surface area contributed by atoms with E-state index in [1.54, 1.807) is 26.1 Å². The molecule has 0 saturated carbocycles. The van der Waals surface area contributed by atoms with Gasteiger partial charge in [-0.15, -0.1) is 0 Å². The van der Waals surface area contributed by atoms with Gasteiger partial charge in [0.05, 0.1) is 13.5 Å². The highest BCUT2D eigenvalue weighted by Crippen LogP contribution is 2.23. The van der Waals surface area contributed by atoms with E-state index in [0.29, 0.717) is 6.42 Å². The highest BCUT2D eigenvalue weighted by molar-refractivity contribution is 5.89. The first kappa shape index (κ1) is 11.5. The largest absolute Gasteiger partial charge is 0.497 e. The monoisotopic (exact) mass is 232 g/mol. The molecule has 0 unspecified atom stereocenters. The second kappa shape index (κ2) is 4.49. The minimum Gasteiger partial charge on any atom is -0.497 e. The molecule has 2 aromatic rings. The number of aromatic amines is 1. The number of aromatic nitrogens is 1. The standard InChI is InChI=1S/C13H16N2O2/c1-15(2)13(16)6-9-8-14-12-7-10(17-3)4-5-11(9)12/h4-5,7-8,14H,6H2,1-3H3. The van der Waals surface area contributed by atoms with Crippen LogP contribution in [-0.2, 0) is 11.2 Å². The van der Waals surface area contributed by atoms with Gasteiger partial charge in [0.2, 0.25) is 5.91 Å². The van der Waals surface area contributed by atoms with Gasteiger partial charge in [-0.2, -0.15) is 0 Å². The molecule has 0 aliphatic carbocycles. The topological polar surface area (TPSA) is 45.3 Å². The summed E-state index contributed by atoms with van der Waals surface area (Å²) in [4.78, 5) is 16.4. The minimum absolute atomic E-state index is 0.0988. The van der Waals surface area contributed by atoms with Gasteiger partial charge in [0.1, 0.15) is 5.75 Å². The average molecular weight is 232 g/mol. The number of likely N-dealkylation sites (N-methyl/N-ethyl adjacent to an activating group) is 1. The first-order chi connectivity index (χ1) is 8.11. The van der Waals surface area contributed by atoms with Crippen LogP contribution in [0.15, 0.2) is 24.4 Å². The van der Waals surface area contributed by atoms with Crippen molar-refractivity contribution in [2.75, 3.05) is 21.2 Å². The molecule has 0 aliphatic rings. The molecule has 0 saturated heterocycles. The second-order valence-electron chi connectivity index (χ2n) is 4.19. The van der Waals surface area contributed by atoms with Crippen LogP contribution in [0.2, 0.25) is 0 Å². The molecular weight excluding hydrogens is 216 g/mol. The smallest absolute Gasteiger partial charge is 0.226 e. The molecule has 0 aliphatic heterocycles. The van der Waals surface area contributed by atoms with Crippen molar-refractivity contribution in [1.82, 2.24) is 9.88 Å². The molecule has 1 N–H and O–H groups in total. The Morgan fingerprint density at radius 1 is 1.41 bits per heavy atom. The van der Waals surface area contributed by atoms with Crippen molar-refractivity contribution >= 4 is 16.8 Å². The zero-order chi connectivity index (χ0) is 12.4. The van der Waals surface area contributed by atoms with E-state index in [2.05, 4.69) is 4.98 Å². The zero-order valence-electron chi connectivity index (χ0n) is 10.3. The summed E-state index contributed by atoms with van der Waals surface area (Å²) in [7, 11) is 5.17. The van der Waals surface area contributed by atoms with E-state index in [0.717, 1.165) is 22.2 Å². The Hall–Kier alpha value is -1.97. The van der Waals surface area contributed by atoms with Gasteiger partial charge >= 0.3 is 0 Å². The van der Waals surface area contributed by atoms with E-state index in [1.807, 2.05) is 24.4 Å². The maximum Gasteiger partial charge on any atom is 0.226 e. The molecule has 1 aromatic carbocycles. The van der Waals surface area contributed by atoms with Crippen molar-refractivity contribution in [2.24, 2.45) is 0 Å². The maximum absolute atomic E-state index is 11.7. The van der Waals surface area contributed by atoms with Gasteiger partial charge in [-0.1, -0.05) is 0 Å². The Bertz CT molecular complexity index is 543. The third-order valence-electron chi connectivity index (χ3n) is 2.82. The number of carbonyl (C=O) groups excluding carboxylic acids is 1. The third kappa shape index (κ3) is 2.25. The number of rotatable bonds is 3. The quantitative estimate of drug-likeness (QED) is 0.877. The van der Waals surface area contributed by atoms with Crippen molar-refractivity contribution < 1.29 is 9.53 Å². The number of hydrogen-bond donors (Lipinski definition) is 1. The Kier molecular flexibility index (Phi) is 3.04. The van der Waals surface area contributed by atoms with Crippen molar-refractivity contribution in [1.29, 1.82) is 0 Å². The fourth-order valence-electron chi connectivity index (χ4n) is 1.76. The predicted molar refractivity (Wildman–Crippen MR) is 67.2 cm³/mol. The number of H-pyrrole nitrogens is 1. The number of ether oxygens (including phenoxy) is 1. The molecule has 90 valence electrons. The van der Waals surface area contributed by atoms with Crippen LogP contribution in [-0.4, -0.2) is 37.0 Å². The Morgan fingerprint density at radius 3 is 2.82 bits per heavy atom. The van der Waals surface area contributed by atoms with Gasteiger partial charge in [-0.25, -0.2) is 0 Å². The Labute approximate surface area is 100 Å². The lowest BCUT2D eigenvalue weighted by atomic mass is 10.1.